The van der Waals surface area contributed by atoms with Crippen molar-refractivity contribution in [1.82, 2.24) is 0 Å². The Morgan fingerprint density at radius 2 is 1.64 bits per heavy atom. The fourth-order valence-electron chi connectivity index (χ4n) is 8.21. The molecule has 4 aliphatic rings. The molecule has 1 aromatic rings. The second-order valence-corrected chi connectivity index (χ2v) is 10.8. The first kappa shape index (κ1) is 18.7. The Kier molecular flexibility index (Phi) is 4.60. The number of hydrogen-bond donors (Lipinski definition) is 0. The molecule has 0 bridgehead atoms. The van der Waals surface area contributed by atoms with Crippen LogP contribution < -0.4 is 0 Å². The van der Waals surface area contributed by atoms with E-state index in [2.05, 4.69) is 13.8 Å². The molecule has 0 amide bonds. The van der Waals surface area contributed by atoms with E-state index < -0.39 is 0 Å². The molecular weight excluding hydrogens is 344 g/mol. The fraction of sp³-hybridized carbons (Fsp3) is 0.731. The fourth-order valence-corrected chi connectivity index (χ4v) is 8.21. The highest BCUT2D eigenvalue weighted by atomic mass is 16.5. The first-order valence-corrected chi connectivity index (χ1v) is 11.8. The van der Waals surface area contributed by atoms with Crippen LogP contribution in [0.15, 0.2) is 30.3 Å². The van der Waals surface area contributed by atoms with Gasteiger partial charge in [-0.05, 0) is 92.6 Å². The van der Waals surface area contributed by atoms with Crippen LogP contribution in [0.2, 0.25) is 0 Å². The lowest BCUT2D eigenvalue weighted by atomic mass is 9.45. The zero-order valence-corrected chi connectivity index (χ0v) is 17.7. The van der Waals surface area contributed by atoms with Crippen molar-refractivity contribution >= 4 is 5.97 Å². The Bertz CT molecular complexity index is 727. The molecule has 0 unspecified atom stereocenters. The third kappa shape index (κ3) is 2.77. The van der Waals surface area contributed by atoms with E-state index in [0.29, 0.717) is 11.0 Å². The highest BCUT2D eigenvalue weighted by molar-refractivity contribution is 5.89. The quantitative estimate of drug-likeness (QED) is 0.537. The average Bonchev–Trinajstić information content (AvgIpc) is 3.04. The van der Waals surface area contributed by atoms with Crippen LogP contribution in [0.3, 0.4) is 0 Å². The molecule has 2 nitrogen and oxygen atoms in total. The summed E-state index contributed by atoms with van der Waals surface area (Å²) in [7, 11) is 0. The van der Waals surface area contributed by atoms with E-state index in [1.807, 2.05) is 30.3 Å². The van der Waals surface area contributed by atoms with Gasteiger partial charge in [0.25, 0.3) is 0 Å². The van der Waals surface area contributed by atoms with Crippen LogP contribution in [0.5, 0.6) is 0 Å². The molecule has 4 fully saturated rings. The van der Waals surface area contributed by atoms with Crippen LogP contribution in [0.4, 0.5) is 0 Å². The molecule has 0 saturated heterocycles. The van der Waals surface area contributed by atoms with E-state index in [-0.39, 0.29) is 17.5 Å². The van der Waals surface area contributed by atoms with Crippen LogP contribution in [0, 0.1) is 34.5 Å². The Hall–Kier alpha value is -1.31. The minimum atomic E-state index is -0.127. The molecule has 7 atom stereocenters. The van der Waals surface area contributed by atoms with Gasteiger partial charge in [-0.25, -0.2) is 4.79 Å². The van der Waals surface area contributed by atoms with Crippen LogP contribution in [-0.2, 0) is 4.74 Å². The third-order valence-corrected chi connectivity index (χ3v) is 9.76. The summed E-state index contributed by atoms with van der Waals surface area (Å²) in [4.78, 5) is 12.7. The summed E-state index contributed by atoms with van der Waals surface area (Å²) in [5, 5.41) is 0. The minimum absolute atomic E-state index is 0.100. The molecule has 0 aliphatic heterocycles. The zero-order valence-electron chi connectivity index (χ0n) is 17.7. The molecule has 1 aromatic carbocycles. The smallest absolute Gasteiger partial charge is 0.338 e. The number of hydrogen-bond acceptors (Lipinski definition) is 2. The lowest BCUT2D eigenvalue weighted by Gasteiger charge is -2.60. The Morgan fingerprint density at radius 1 is 0.857 bits per heavy atom. The molecule has 4 saturated carbocycles. The van der Waals surface area contributed by atoms with Crippen molar-refractivity contribution in [1.29, 1.82) is 0 Å². The largest absolute Gasteiger partial charge is 0.458 e. The number of fused-ring (bicyclic) bond motifs is 5. The van der Waals surface area contributed by atoms with Gasteiger partial charge in [0.05, 0.1) is 5.56 Å². The van der Waals surface area contributed by atoms with Gasteiger partial charge in [0, 0.05) is 5.41 Å². The van der Waals surface area contributed by atoms with Crippen LogP contribution in [0.1, 0.15) is 88.4 Å². The van der Waals surface area contributed by atoms with E-state index >= 15 is 0 Å². The second kappa shape index (κ2) is 6.89. The Balaban J connectivity index is 1.35. The lowest BCUT2D eigenvalue weighted by Crippen LogP contribution is -2.53. The summed E-state index contributed by atoms with van der Waals surface area (Å²) in [6.07, 6.45) is 13.7. The van der Waals surface area contributed by atoms with Crippen LogP contribution in [0.25, 0.3) is 0 Å². The minimum Gasteiger partial charge on any atom is -0.458 e. The van der Waals surface area contributed by atoms with Crippen molar-refractivity contribution in [3.8, 4) is 0 Å². The van der Waals surface area contributed by atoms with E-state index in [9.17, 15) is 4.79 Å². The molecule has 0 aromatic heterocycles. The van der Waals surface area contributed by atoms with Gasteiger partial charge in [-0.15, -0.1) is 0 Å². The molecule has 2 heteroatoms. The maximum Gasteiger partial charge on any atom is 0.338 e. The molecule has 152 valence electrons. The number of carbonyl (C=O) groups excluding carboxylic acids is 1. The molecule has 0 spiro atoms. The van der Waals surface area contributed by atoms with Gasteiger partial charge in [0.1, 0.15) is 6.10 Å². The molecule has 28 heavy (non-hydrogen) atoms. The molecule has 5 rings (SSSR count). The van der Waals surface area contributed by atoms with Gasteiger partial charge < -0.3 is 4.74 Å². The number of carbonyl (C=O) groups is 1. The normalized spacial score (nSPS) is 44.9. The van der Waals surface area contributed by atoms with Crippen molar-refractivity contribution in [2.75, 3.05) is 0 Å². The highest BCUT2D eigenvalue weighted by Crippen LogP contribution is 2.66. The van der Waals surface area contributed by atoms with Crippen molar-refractivity contribution in [3.63, 3.8) is 0 Å². The number of benzene rings is 1. The van der Waals surface area contributed by atoms with Crippen molar-refractivity contribution in [2.24, 2.45) is 34.5 Å². The van der Waals surface area contributed by atoms with Gasteiger partial charge in [-0.1, -0.05) is 44.9 Å². The first-order valence-electron chi connectivity index (χ1n) is 11.8. The van der Waals surface area contributed by atoms with E-state index in [1.54, 1.807) is 0 Å². The molecular formula is C26H36O2. The van der Waals surface area contributed by atoms with Gasteiger partial charge in [-0.3, -0.25) is 0 Å². The molecule has 4 aliphatic carbocycles. The van der Waals surface area contributed by atoms with Gasteiger partial charge >= 0.3 is 5.97 Å². The first-order chi connectivity index (χ1) is 13.5. The Labute approximate surface area is 170 Å². The van der Waals surface area contributed by atoms with Crippen molar-refractivity contribution in [3.05, 3.63) is 35.9 Å². The predicted octanol–water partition coefficient (Wildman–Crippen LogP) is 6.64. The third-order valence-electron chi connectivity index (χ3n) is 9.76. The topological polar surface area (TPSA) is 26.3 Å². The summed E-state index contributed by atoms with van der Waals surface area (Å²) in [6.45, 7) is 5.08. The Morgan fingerprint density at radius 3 is 2.46 bits per heavy atom. The maximum atomic E-state index is 12.7. The molecule has 0 radical (unpaired) electrons. The monoisotopic (exact) mass is 380 g/mol. The summed E-state index contributed by atoms with van der Waals surface area (Å²) in [6, 6.07) is 9.54. The van der Waals surface area contributed by atoms with E-state index in [4.69, 9.17) is 4.74 Å². The van der Waals surface area contributed by atoms with Crippen molar-refractivity contribution in [2.45, 2.75) is 84.2 Å². The van der Waals surface area contributed by atoms with Gasteiger partial charge in [0.15, 0.2) is 0 Å². The lowest BCUT2D eigenvalue weighted by molar-refractivity contribution is -0.122. The molecule has 0 N–H and O–H groups in total. The summed E-state index contributed by atoms with van der Waals surface area (Å²) in [5.74, 6) is 3.36. The average molecular weight is 381 g/mol. The van der Waals surface area contributed by atoms with Crippen molar-refractivity contribution < 1.29 is 9.53 Å². The van der Waals surface area contributed by atoms with Gasteiger partial charge in [0.2, 0.25) is 0 Å². The van der Waals surface area contributed by atoms with E-state index in [1.165, 1.54) is 57.8 Å². The SMILES string of the molecule is C[C@]12CCCC[C@@H]1CC[C@@H]1[C@H]2CC[C@]2(C)[C@@H](OC(=O)c3ccccc3)CC[C@@H]12. The van der Waals surface area contributed by atoms with E-state index in [0.717, 1.165) is 30.1 Å². The number of ether oxygens (including phenoxy) is 1. The predicted molar refractivity (Wildman–Crippen MR) is 112 cm³/mol. The zero-order chi connectivity index (χ0) is 19.4. The number of rotatable bonds is 2. The molecule has 0 heterocycles. The second-order valence-electron chi connectivity index (χ2n) is 10.8. The number of esters is 1. The maximum absolute atomic E-state index is 12.7. The van der Waals surface area contributed by atoms with Crippen LogP contribution in [-0.4, -0.2) is 12.1 Å². The summed E-state index contributed by atoms with van der Waals surface area (Å²) in [5.41, 5.74) is 1.46. The van der Waals surface area contributed by atoms with Crippen LogP contribution >= 0.6 is 0 Å². The highest BCUT2D eigenvalue weighted by Gasteiger charge is 2.60. The van der Waals surface area contributed by atoms with Gasteiger partial charge in [-0.2, -0.15) is 0 Å². The standard InChI is InChI=1S/C26H36O2/c1-25-16-7-6-10-19(25)11-12-20-21-13-14-23(26(21,2)17-15-22(20)25)28-24(27)18-8-4-3-5-9-18/h3-5,8-9,19-23H,6-7,10-17H2,1-2H3/t19-,20+,21+,22-,23+,25+,26+/m1/s1. The summed E-state index contributed by atoms with van der Waals surface area (Å²) < 4.78 is 6.14. The summed E-state index contributed by atoms with van der Waals surface area (Å²) >= 11 is 0.